The number of benzene rings is 3. The predicted octanol–water partition coefficient (Wildman–Crippen LogP) is 3.54. The van der Waals surface area contributed by atoms with Gasteiger partial charge >= 0.3 is 0 Å². The topological polar surface area (TPSA) is 146 Å². The molecule has 0 bridgehead atoms. The van der Waals surface area contributed by atoms with E-state index >= 15 is 0 Å². The van der Waals surface area contributed by atoms with Gasteiger partial charge in [0.1, 0.15) is 18.0 Å². The largest absolute Gasteiger partial charge is 0.497 e. The van der Waals surface area contributed by atoms with Crippen molar-refractivity contribution in [2.75, 3.05) is 23.3 Å². The van der Waals surface area contributed by atoms with Gasteiger partial charge in [0.05, 0.1) is 34.0 Å². The minimum Gasteiger partial charge on any atom is -0.497 e. The monoisotopic (exact) mass is 565 g/mol. The molecule has 0 saturated heterocycles. The summed E-state index contributed by atoms with van der Waals surface area (Å²) in [6.07, 6.45) is 0. The Morgan fingerprint density at radius 3 is 2.30 bits per heavy atom. The molecular formula is C27H27N5O7S. The third-order valence-corrected chi connectivity index (χ3v) is 8.20. The number of rotatable bonds is 9. The Labute approximate surface area is 230 Å². The molecule has 4 rings (SSSR count). The van der Waals surface area contributed by atoms with E-state index in [1.165, 1.54) is 55.1 Å². The average Bonchev–Trinajstić information content (AvgIpc) is 3.14. The standard InChI is InChI=1S/C27H27N5O7S/c1-18-10-15-23(16-24(18)32(35)36)40(37,38)30(20-11-13-22(39-4)14-12-20)17-25(33)28-26-19(2)29(3)31(27(26)34)21-8-6-5-7-9-21/h5-16H,17H2,1-4H3,(H,28,33). The first-order chi connectivity index (χ1) is 18.9. The number of para-hydroxylation sites is 1. The van der Waals surface area contributed by atoms with Crippen molar-refractivity contribution in [3.05, 3.63) is 105 Å². The van der Waals surface area contributed by atoms with Crippen molar-refractivity contribution in [2.24, 2.45) is 7.05 Å². The molecule has 0 aliphatic rings. The van der Waals surface area contributed by atoms with Gasteiger partial charge in [-0.15, -0.1) is 0 Å². The molecule has 0 radical (unpaired) electrons. The lowest BCUT2D eigenvalue weighted by Crippen LogP contribution is -2.38. The molecule has 12 nitrogen and oxygen atoms in total. The van der Waals surface area contributed by atoms with Crippen molar-refractivity contribution >= 4 is 33.0 Å². The summed E-state index contributed by atoms with van der Waals surface area (Å²) in [7, 11) is -1.35. The SMILES string of the molecule is COc1ccc(N(CC(=O)Nc2c(C)n(C)n(-c3ccccc3)c2=O)S(=O)(=O)c2ccc(C)c([N+](=O)[O-])c2)cc1. The van der Waals surface area contributed by atoms with Gasteiger partial charge in [-0.05, 0) is 56.3 Å². The molecule has 1 amide bonds. The van der Waals surface area contributed by atoms with Gasteiger partial charge in [-0.2, -0.15) is 0 Å². The van der Waals surface area contributed by atoms with Gasteiger partial charge in [0.2, 0.25) is 5.91 Å². The summed E-state index contributed by atoms with van der Waals surface area (Å²) in [6, 6.07) is 18.3. The summed E-state index contributed by atoms with van der Waals surface area (Å²) >= 11 is 0. The highest BCUT2D eigenvalue weighted by Crippen LogP contribution is 2.29. The van der Waals surface area contributed by atoms with Gasteiger partial charge in [0, 0.05) is 18.7 Å². The van der Waals surface area contributed by atoms with Crippen LogP contribution in [0.4, 0.5) is 17.1 Å². The predicted molar refractivity (Wildman–Crippen MR) is 150 cm³/mol. The third kappa shape index (κ3) is 5.31. The van der Waals surface area contributed by atoms with E-state index in [0.717, 1.165) is 10.4 Å². The maximum absolute atomic E-state index is 13.8. The molecule has 0 spiro atoms. The molecular weight excluding hydrogens is 538 g/mol. The van der Waals surface area contributed by atoms with Crippen LogP contribution in [-0.4, -0.2) is 42.3 Å². The van der Waals surface area contributed by atoms with Crippen LogP contribution in [0.2, 0.25) is 0 Å². The minimum absolute atomic E-state index is 0.00518. The number of carbonyl (C=O) groups is 1. The lowest BCUT2D eigenvalue weighted by molar-refractivity contribution is -0.385. The fraction of sp³-hybridized carbons (Fsp3) is 0.185. The number of amides is 1. The second kappa shape index (κ2) is 11.1. The van der Waals surface area contributed by atoms with E-state index in [1.807, 2.05) is 6.07 Å². The summed E-state index contributed by atoms with van der Waals surface area (Å²) in [5, 5.41) is 14.0. The van der Waals surface area contributed by atoms with Gasteiger partial charge in [-0.3, -0.25) is 28.7 Å². The molecule has 0 fully saturated rings. The van der Waals surface area contributed by atoms with Crippen LogP contribution in [0.1, 0.15) is 11.3 Å². The first-order valence-corrected chi connectivity index (χ1v) is 13.5. The van der Waals surface area contributed by atoms with E-state index in [2.05, 4.69) is 5.32 Å². The molecule has 0 saturated carbocycles. The first-order valence-electron chi connectivity index (χ1n) is 12.0. The van der Waals surface area contributed by atoms with Crippen molar-refractivity contribution in [2.45, 2.75) is 18.7 Å². The average molecular weight is 566 g/mol. The van der Waals surface area contributed by atoms with E-state index in [9.17, 15) is 28.1 Å². The van der Waals surface area contributed by atoms with Gasteiger partial charge in [-0.25, -0.2) is 13.1 Å². The fourth-order valence-electron chi connectivity index (χ4n) is 4.16. The Hall–Kier alpha value is -4.91. The molecule has 0 aliphatic carbocycles. The summed E-state index contributed by atoms with van der Waals surface area (Å²) in [5.74, 6) is -0.329. The van der Waals surface area contributed by atoms with Crippen molar-refractivity contribution in [1.82, 2.24) is 9.36 Å². The Kier molecular flexibility index (Phi) is 7.77. The molecule has 1 aromatic heterocycles. The number of nitro groups is 1. The van der Waals surface area contributed by atoms with Crippen LogP contribution in [0.15, 0.2) is 82.5 Å². The van der Waals surface area contributed by atoms with Gasteiger partial charge in [0.15, 0.2) is 0 Å². The molecule has 0 atom stereocenters. The van der Waals surface area contributed by atoms with Gasteiger partial charge in [0.25, 0.3) is 21.3 Å². The number of methoxy groups -OCH3 is 1. The molecule has 13 heteroatoms. The molecule has 208 valence electrons. The zero-order valence-corrected chi connectivity index (χ0v) is 23.0. The smallest absolute Gasteiger partial charge is 0.295 e. The van der Waals surface area contributed by atoms with E-state index in [1.54, 1.807) is 42.9 Å². The summed E-state index contributed by atoms with van der Waals surface area (Å²) in [6.45, 7) is 2.43. The maximum atomic E-state index is 13.8. The van der Waals surface area contributed by atoms with Crippen molar-refractivity contribution in [1.29, 1.82) is 0 Å². The van der Waals surface area contributed by atoms with E-state index in [-0.39, 0.29) is 27.5 Å². The van der Waals surface area contributed by atoms with E-state index < -0.39 is 33.0 Å². The highest BCUT2D eigenvalue weighted by atomic mass is 32.2. The number of sulfonamides is 1. The quantitative estimate of drug-likeness (QED) is 0.241. The zero-order valence-electron chi connectivity index (χ0n) is 22.2. The normalized spacial score (nSPS) is 11.2. The minimum atomic E-state index is -4.46. The molecule has 0 aliphatic heterocycles. The van der Waals surface area contributed by atoms with Crippen molar-refractivity contribution < 1.29 is 22.9 Å². The highest BCUT2D eigenvalue weighted by molar-refractivity contribution is 7.92. The number of nitrogens with zero attached hydrogens (tertiary/aromatic N) is 4. The summed E-state index contributed by atoms with van der Waals surface area (Å²) in [4.78, 5) is 37.0. The second-order valence-corrected chi connectivity index (χ2v) is 10.8. The Bertz CT molecular complexity index is 1740. The summed E-state index contributed by atoms with van der Waals surface area (Å²) < 4.78 is 36.5. The number of hydrogen-bond acceptors (Lipinski definition) is 7. The van der Waals surface area contributed by atoms with E-state index in [0.29, 0.717) is 17.1 Å². The Morgan fingerprint density at radius 1 is 1.05 bits per heavy atom. The van der Waals surface area contributed by atoms with Gasteiger partial charge in [-0.1, -0.05) is 24.3 Å². The lowest BCUT2D eigenvalue weighted by atomic mass is 10.2. The number of ether oxygens (including phenoxy) is 1. The Morgan fingerprint density at radius 2 is 1.70 bits per heavy atom. The first kappa shape index (κ1) is 28.1. The van der Waals surface area contributed by atoms with E-state index in [4.69, 9.17) is 4.74 Å². The van der Waals surface area contributed by atoms with Crippen LogP contribution < -0.4 is 19.9 Å². The number of hydrogen-bond donors (Lipinski definition) is 1. The number of nitro benzene ring substituents is 1. The molecule has 40 heavy (non-hydrogen) atoms. The van der Waals surface area contributed by atoms with Crippen LogP contribution in [0.5, 0.6) is 5.75 Å². The third-order valence-electron chi connectivity index (χ3n) is 6.43. The number of nitrogens with one attached hydrogen (secondary N) is 1. The number of anilines is 2. The molecule has 4 aromatic rings. The number of aromatic nitrogens is 2. The molecule has 1 N–H and O–H groups in total. The van der Waals surface area contributed by atoms with Crippen LogP contribution in [-0.2, 0) is 21.9 Å². The molecule has 3 aromatic carbocycles. The van der Waals surface area contributed by atoms with Crippen LogP contribution >= 0.6 is 0 Å². The Balaban J connectivity index is 1.73. The van der Waals surface area contributed by atoms with Crippen LogP contribution in [0.3, 0.4) is 0 Å². The van der Waals surface area contributed by atoms with Crippen molar-refractivity contribution in [3.8, 4) is 11.4 Å². The highest BCUT2D eigenvalue weighted by Gasteiger charge is 2.30. The number of aryl methyl sites for hydroxylation is 1. The molecule has 0 unspecified atom stereocenters. The number of carbonyl (C=O) groups excluding carboxylic acids is 1. The molecule has 1 heterocycles. The summed E-state index contributed by atoms with van der Waals surface area (Å²) in [5.41, 5.74) is 0.568. The zero-order chi connectivity index (χ0) is 29.2. The van der Waals surface area contributed by atoms with Crippen molar-refractivity contribution in [3.63, 3.8) is 0 Å². The second-order valence-electron chi connectivity index (χ2n) is 8.90. The van der Waals surface area contributed by atoms with Crippen LogP contribution in [0, 0.1) is 24.0 Å². The maximum Gasteiger partial charge on any atom is 0.295 e. The fourth-order valence-corrected chi connectivity index (χ4v) is 5.60. The van der Waals surface area contributed by atoms with Crippen LogP contribution in [0.25, 0.3) is 5.69 Å². The van der Waals surface area contributed by atoms with Gasteiger partial charge < -0.3 is 10.1 Å². The lowest BCUT2D eigenvalue weighted by Gasteiger charge is -2.24.